The van der Waals surface area contributed by atoms with Crippen LogP contribution in [0.25, 0.3) is 22.3 Å². The molecule has 2 aromatic carbocycles. The molecule has 7 nitrogen and oxygen atoms in total. The molecule has 156 valence electrons. The van der Waals surface area contributed by atoms with Crippen molar-refractivity contribution in [1.82, 2.24) is 20.1 Å². The lowest BCUT2D eigenvalue weighted by Gasteiger charge is -2.11. The number of pyridine rings is 1. The number of nitrogens with one attached hydrogen (secondary N) is 1. The van der Waals surface area contributed by atoms with E-state index >= 15 is 0 Å². The highest BCUT2D eigenvalue weighted by Gasteiger charge is 2.18. The Morgan fingerprint density at radius 1 is 1.10 bits per heavy atom. The van der Waals surface area contributed by atoms with Crippen LogP contribution in [0.3, 0.4) is 0 Å². The van der Waals surface area contributed by atoms with Gasteiger partial charge in [0.25, 0.3) is 5.91 Å². The lowest BCUT2D eigenvalue weighted by molar-refractivity contribution is 0.0952. The highest BCUT2D eigenvalue weighted by molar-refractivity contribution is 6.06. The van der Waals surface area contributed by atoms with E-state index in [9.17, 15) is 4.79 Å². The maximum absolute atomic E-state index is 13.2. The number of carbonyl (C=O) groups excluding carboxylic acids is 1. The van der Waals surface area contributed by atoms with E-state index in [1.807, 2.05) is 37.4 Å². The van der Waals surface area contributed by atoms with Crippen LogP contribution in [0.1, 0.15) is 27.0 Å². The largest absolute Gasteiger partial charge is 0.454 e. The van der Waals surface area contributed by atoms with Crippen molar-refractivity contribution in [1.29, 1.82) is 0 Å². The van der Waals surface area contributed by atoms with Gasteiger partial charge in [0.2, 0.25) is 6.79 Å². The van der Waals surface area contributed by atoms with Gasteiger partial charge in [0.1, 0.15) is 0 Å². The van der Waals surface area contributed by atoms with Gasteiger partial charge in [0, 0.05) is 19.2 Å². The quantitative estimate of drug-likeness (QED) is 0.548. The Morgan fingerprint density at radius 2 is 1.94 bits per heavy atom. The molecule has 0 radical (unpaired) electrons. The SMILES string of the molecule is Cc1ccc(-c2cc(C(=O)NCc3ccc4c(c3)OCO4)c3cnn(C)c3n2)c(C)c1. The molecule has 7 heteroatoms. The molecule has 1 amide bonds. The van der Waals surface area contributed by atoms with Gasteiger partial charge in [-0.2, -0.15) is 5.10 Å². The number of aromatic nitrogens is 3. The summed E-state index contributed by atoms with van der Waals surface area (Å²) in [5.74, 6) is 1.24. The zero-order valence-corrected chi connectivity index (χ0v) is 17.6. The molecule has 2 aromatic heterocycles. The van der Waals surface area contributed by atoms with Crippen LogP contribution in [0.2, 0.25) is 0 Å². The van der Waals surface area contributed by atoms with Crippen LogP contribution >= 0.6 is 0 Å². The fourth-order valence-electron chi connectivity index (χ4n) is 3.87. The number of rotatable bonds is 4. The van der Waals surface area contributed by atoms with Crippen LogP contribution in [0.15, 0.2) is 48.7 Å². The molecule has 3 heterocycles. The summed E-state index contributed by atoms with van der Waals surface area (Å²) in [5, 5.41) is 8.04. The number of nitrogens with zero attached hydrogens (tertiary/aromatic N) is 3. The zero-order valence-electron chi connectivity index (χ0n) is 17.6. The maximum atomic E-state index is 13.2. The van der Waals surface area contributed by atoms with Crippen molar-refractivity contribution in [2.45, 2.75) is 20.4 Å². The minimum atomic E-state index is -0.177. The predicted octanol–water partition coefficient (Wildman–Crippen LogP) is 3.91. The Morgan fingerprint density at radius 3 is 2.77 bits per heavy atom. The second-order valence-corrected chi connectivity index (χ2v) is 7.75. The molecule has 0 fully saturated rings. The first-order valence-corrected chi connectivity index (χ1v) is 10.1. The molecule has 0 spiro atoms. The van der Waals surface area contributed by atoms with Crippen molar-refractivity contribution in [2.24, 2.45) is 7.05 Å². The van der Waals surface area contributed by atoms with Gasteiger partial charge >= 0.3 is 0 Å². The molecule has 0 saturated heterocycles. The number of carbonyl (C=O) groups is 1. The van der Waals surface area contributed by atoms with E-state index in [4.69, 9.17) is 14.5 Å². The van der Waals surface area contributed by atoms with Gasteiger partial charge in [-0.3, -0.25) is 9.48 Å². The van der Waals surface area contributed by atoms with E-state index in [0.717, 1.165) is 33.5 Å². The van der Waals surface area contributed by atoms with Gasteiger partial charge in [-0.05, 0) is 43.2 Å². The molecule has 1 N–H and O–H groups in total. The molecule has 4 aromatic rings. The van der Waals surface area contributed by atoms with Crippen molar-refractivity contribution in [3.05, 3.63) is 70.9 Å². The lowest BCUT2D eigenvalue weighted by Crippen LogP contribution is -2.23. The summed E-state index contributed by atoms with van der Waals surface area (Å²) in [6.07, 6.45) is 1.68. The number of ether oxygens (including phenoxy) is 2. The first-order chi connectivity index (χ1) is 15.0. The van der Waals surface area contributed by atoms with Crippen molar-refractivity contribution in [3.63, 3.8) is 0 Å². The van der Waals surface area contributed by atoms with E-state index in [0.29, 0.717) is 23.5 Å². The van der Waals surface area contributed by atoms with Gasteiger partial charge in [-0.15, -0.1) is 0 Å². The summed E-state index contributed by atoms with van der Waals surface area (Å²) in [4.78, 5) is 18.0. The van der Waals surface area contributed by atoms with Gasteiger partial charge in [0.05, 0.1) is 22.8 Å². The second kappa shape index (κ2) is 7.43. The Labute approximate surface area is 179 Å². The minimum Gasteiger partial charge on any atom is -0.454 e. The first kappa shape index (κ1) is 19.1. The van der Waals surface area contributed by atoms with Crippen LogP contribution in [-0.4, -0.2) is 27.5 Å². The number of benzene rings is 2. The van der Waals surface area contributed by atoms with Crippen LogP contribution in [0.5, 0.6) is 11.5 Å². The predicted molar refractivity (Wildman–Crippen MR) is 117 cm³/mol. The third kappa shape index (κ3) is 3.48. The molecule has 5 rings (SSSR count). The molecule has 0 atom stereocenters. The molecule has 0 bridgehead atoms. The van der Waals surface area contributed by atoms with Crippen LogP contribution in [0.4, 0.5) is 0 Å². The van der Waals surface area contributed by atoms with E-state index in [1.54, 1.807) is 10.9 Å². The minimum absolute atomic E-state index is 0.177. The molecular formula is C24H22N4O3. The van der Waals surface area contributed by atoms with Crippen molar-refractivity contribution in [2.75, 3.05) is 6.79 Å². The number of aryl methyl sites for hydroxylation is 3. The van der Waals surface area contributed by atoms with Gasteiger partial charge in [0.15, 0.2) is 17.1 Å². The Kier molecular flexibility index (Phi) is 4.58. The normalized spacial score (nSPS) is 12.4. The van der Waals surface area contributed by atoms with E-state index in [-0.39, 0.29) is 12.7 Å². The summed E-state index contributed by atoms with van der Waals surface area (Å²) in [6.45, 7) is 4.71. The van der Waals surface area contributed by atoms with Crippen LogP contribution < -0.4 is 14.8 Å². The van der Waals surface area contributed by atoms with E-state index < -0.39 is 0 Å². The summed E-state index contributed by atoms with van der Waals surface area (Å²) < 4.78 is 12.5. The average Bonchev–Trinajstić information content (AvgIpc) is 3.37. The smallest absolute Gasteiger partial charge is 0.252 e. The summed E-state index contributed by atoms with van der Waals surface area (Å²) >= 11 is 0. The summed E-state index contributed by atoms with van der Waals surface area (Å²) in [5.41, 5.74) is 6.20. The average molecular weight is 414 g/mol. The summed E-state index contributed by atoms with van der Waals surface area (Å²) in [6, 6.07) is 13.7. The third-order valence-corrected chi connectivity index (χ3v) is 5.50. The topological polar surface area (TPSA) is 78.3 Å². The molecule has 1 aliphatic heterocycles. The second-order valence-electron chi connectivity index (χ2n) is 7.75. The van der Waals surface area contributed by atoms with Crippen molar-refractivity contribution < 1.29 is 14.3 Å². The molecular weight excluding hydrogens is 392 g/mol. The van der Waals surface area contributed by atoms with Crippen LogP contribution in [-0.2, 0) is 13.6 Å². The highest BCUT2D eigenvalue weighted by Crippen LogP contribution is 2.32. The monoisotopic (exact) mass is 414 g/mol. The lowest BCUT2D eigenvalue weighted by atomic mass is 10.0. The fourth-order valence-corrected chi connectivity index (χ4v) is 3.87. The third-order valence-electron chi connectivity index (χ3n) is 5.50. The molecule has 31 heavy (non-hydrogen) atoms. The Balaban J connectivity index is 1.48. The number of amides is 1. The van der Waals surface area contributed by atoms with Gasteiger partial charge in [-0.1, -0.05) is 29.8 Å². The fraction of sp³-hybridized carbons (Fsp3) is 0.208. The molecule has 0 aliphatic carbocycles. The van der Waals surface area contributed by atoms with Gasteiger partial charge in [-0.25, -0.2) is 4.98 Å². The molecule has 0 saturated carbocycles. The van der Waals surface area contributed by atoms with Gasteiger partial charge < -0.3 is 14.8 Å². The molecule has 1 aliphatic rings. The van der Waals surface area contributed by atoms with Crippen molar-refractivity contribution in [3.8, 4) is 22.8 Å². The number of hydrogen-bond acceptors (Lipinski definition) is 5. The maximum Gasteiger partial charge on any atom is 0.252 e. The Hall–Kier alpha value is -3.87. The molecule has 0 unspecified atom stereocenters. The highest BCUT2D eigenvalue weighted by atomic mass is 16.7. The van der Waals surface area contributed by atoms with E-state index in [2.05, 4.69) is 36.4 Å². The van der Waals surface area contributed by atoms with Crippen molar-refractivity contribution >= 4 is 16.9 Å². The van der Waals surface area contributed by atoms with E-state index in [1.165, 1.54) is 5.56 Å². The number of fused-ring (bicyclic) bond motifs is 2. The first-order valence-electron chi connectivity index (χ1n) is 10.1. The van der Waals surface area contributed by atoms with Crippen LogP contribution in [0, 0.1) is 13.8 Å². The Bertz CT molecular complexity index is 1330. The number of hydrogen-bond donors (Lipinski definition) is 1. The summed E-state index contributed by atoms with van der Waals surface area (Å²) in [7, 11) is 1.83. The standard InChI is InChI=1S/C24H22N4O3/c1-14-4-6-17(15(2)8-14)20-10-18(19-12-26-28(3)23(19)27-20)24(29)25-11-16-5-7-21-22(9-16)31-13-30-21/h4-10,12H,11,13H2,1-3H3,(H,25,29). The zero-order chi connectivity index (χ0) is 21.5.